The Morgan fingerprint density at radius 2 is 2.11 bits per heavy atom. The van der Waals surface area contributed by atoms with E-state index in [0.29, 0.717) is 24.1 Å². The fraction of sp³-hybridized carbons (Fsp3) is 0.500. The van der Waals surface area contributed by atoms with Crippen molar-refractivity contribution in [3.8, 4) is 0 Å². The second-order valence-corrected chi connectivity index (χ2v) is 4.86. The summed E-state index contributed by atoms with van der Waals surface area (Å²) in [6, 6.07) is 4.43. The van der Waals surface area contributed by atoms with Gasteiger partial charge in [0.2, 0.25) is 0 Å². The summed E-state index contributed by atoms with van der Waals surface area (Å²) in [5, 5.41) is 11.9. The van der Waals surface area contributed by atoms with Gasteiger partial charge in [-0.25, -0.2) is 4.39 Å². The van der Waals surface area contributed by atoms with Crippen molar-refractivity contribution in [2.24, 2.45) is 5.92 Å². The number of benzene rings is 1. The third-order valence-electron chi connectivity index (χ3n) is 2.79. The molecule has 3 nitrogen and oxygen atoms in total. The average molecular weight is 253 g/mol. The van der Waals surface area contributed by atoms with Crippen LogP contribution in [0.4, 0.5) is 4.39 Å². The molecule has 1 aromatic carbocycles. The number of carbonyl (C=O) groups excluding carboxylic acids is 1. The molecule has 1 rings (SSSR count). The average Bonchev–Trinajstić information content (AvgIpc) is 2.28. The van der Waals surface area contributed by atoms with Crippen LogP contribution in [-0.2, 0) is 0 Å². The lowest BCUT2D eigenvalue weighted by Crippen LogP contribution is -2.29. The van der Waals surface area contributed by atoms with E-state index in [1.807, 2.05) is 6.92 Å². The van der Waals surface area contributed by atoms with Crippen molar-refractivity contribution in [1.82, 2.24) is 5.32 Å². The summed E-state index contributed by atoms with van der Waals surface area (Å²) in [5.74, 6) is -0.477. The largest absolute Gasteiger partial charge is 0.393 e. The third kappa shape index (κ3) is 4.45. The van der Waals surface area contributed by atoms with Crippen molar-refractivity contribution in [1.29, 1.82) is 0 Å². The quantitative estimate of drug-likeness (QED) is 0.845. The predicted molar refractivity (Wildman–Crippen MR) is 68.9 cm³/mol. The molecule has 0 saturated heterocycles. The summed E-state index contributed by atoms with van der Waals surface area (Å²) >= 11 is 0. The Bertz CT molecular complexity index is 418. The summed E-state index contributed by atoms with van der Waals surface area (Å²) in [5.41, 5.74) is 0.844. The number of aryl methyl sites for hydroxylation is 1. The van der Waals surface area contributed by atoms with Crippen molar-refractivity contribution in [2.75, 3.05) is 6.54 Å². The van der Waals surface area contributed by atoms with Gasteiger partial charge < -0.3 is 10.4 Å². The van der Waals surface area contributed by atoms with E-state index in [-0.39, 0.29) is 23.7 Å². The van der Waals surface area contributed by atoms with Crippen LogP contribution in [0.25, 0.3) is 0 Å². The third-order valence-corrected chi connectivity index (χ3v) is 2.79. The normalized spacial score (nSPS) is 14.1. The van der Waals surface area contributed by atoms with Gasteiger partial charge in [-0.2, -0.15) is 0 Å². The van der Waals surface area contributed by atoms with Gasteiger partial charge in [0.1, 0.15) is 5.82 Å². The van der Waals surface area contributed by atoms with Gasteiger partial charge in [-0.1, -0.05) is 13.0 Å². The van der Waals surface area contributed by atoms with Crippen molar-refractivity contribution in [2.45, 2.75) is 33.3 Å². The molecule has 0 spiro atoms. The minimum Gasteiger partial charge on any atom is -0.393 e. The SMILES string of the molecule is Cc1ccc(C(=O)NCC(C)CC(C)O)cc1F. The Labute approximate surface area is 107 Å². The first-order valence-corrected chi connectivity index (χ1v) is 6.12. The van der Waals surface area contributed by atoms with Crippen LogP contribution in [0.15, 0.2) is 18.2 Å². The van der Waals surface area contributed by atoms with Crippen LogP contribution in [0.1, 0.15) is 36.2 Å². The summed E-state index contributed by atoms with van der Waals surface area (Å²) in [4.78, 5) is 11.8. The molecule has 2 unspecified atom stereocenters. The Hall–Kier alpha value is -1.42. The highest BCUT2D eigenvalue weighted by Gasteiger charge is 2.11. The van der Waals surface area contributed by atoms with E-state index in [0.717, 1.165) is 0 Å². The van der Waals surface area contributed by atoms with Crippen LogP contribution in [0.3, 0.4) is 0 Å². The maximum atomic E-state index is 13.3. The first kappa shape index (κ1) is 14.6. The molecule has 1 amide bonds. The Morgan fingerprint density at radius 1 is 1.44 bits per heavy atom. The van der Waals surface area contributed by atoms with E-state index >= 15 is 0 Å². The van der Waals surface area contributed by atoms with E-state index in [1.165, 1.54) is 6.07 Å². The van der Waals surface area contributed by atoms with Crippen molar-refractivity contribution in [3.63, 3.8) is 0 Å². The molecule has 0 radical (unpaired) electrons. The van der Waals surface area contributed by atoms with Crippen molar-refractivity contribution >= 4 is 5.91 Å². The smallest absolute Gasteiger partial charge is 0.251 e. The Kier molecular flexibility index (Phi) is 5.28. The number of amides is 1. The maximum Gasteiger partial charge on any atom is 0.251 e. The maximum absolute atomic E-state index is 13.3. The predicted octanol–water partition coefficient (Wildman–Crippen LogP) is 2.27. The highest BCUT2D eigenvalue weighted by molar-refractivity contribution is 5.94. The standard InChI is InChI=1S/C14H20FNO2/c1-9(6-11(3)17)8-16-14(18)12-5-4-10(2)13(15)7-12/h4-5,7,9,11,17H,6,8H2,1-3H3,(H,16,18). The molecule has 0 heterocycles. The van der Waals surface area contributed by atoms with Gasteiger partial charge in [0.25, 0.3) is 5.91 Å². The number of nitrogens with one attached hydrogen (secondary N) is 1. The van der Waals surface area contributed by atoms with Gasteiger partial charge in [0.15, 0.2) is 0 Å². The van der Waals surface area contributed by atoms with Crippen LogP contribution in [0.2, 0.25) is 0 Å². The second kappa shape index (κ2) is 6.50. The van der Waals surface area contributed by atoms with Crippen LogP contribution in [-0.4, -0.2) is 23.7 Å². The highest BCUT2D eigenvalue weighted by Crippen LogP contribution is 2.10. The van der Waals surface area contributed by atoms with Gasteiger partial charge in [-0.05, 0) is 43.9 Å². The molecule has 0 aliphatic rings. The number of hydrogen-bond acceptors (Lipinski definition) is 2. The molecule has 0 bridgehead atoms. The lowest BCUT2D eigenvalue weighted by atomic mass is 10.0. The summed E-state index contributed by atoms with van der Waals surface area (Å²) in [6.07, 6.45) is 0.247. The van der Waals surface area contributed by atoms with E-state index in [9.17, 15) is 14.3 Å². The first-order valence-electron chi connectivity index (χ1n) is 6.12. The second-order valence-electron chi connectivity index (χ2n) is 4.86. The molecule has 100 valence electrons. The summed E-state index contributed by atoms with van der Waals surface area (Å²) in [7, 11) is 0. The fourth-order valence-electron chi connectivity index (χ4n) is 1.77. The van der Waals surface area contributed by atoms with Crippen LogP contribution in [0.5, 0.6) is 0 Å². The minimum absolute atomic E-state index is 0.184. The van der Waals surface area contributed by atoms with E-state index in [2.05, 4.69) is 5.32 Å². The molecule has 0 aliphatic heterocycles. The van der Waals surface area contributed by atoms with Gasteiger partial charge in [0, 0.05) is 12.1 Å². The lowest BCUT2D eigenvalue weighted by molar-refractivity contribution is 0.0939. The van der Waals surface area contributed by atoms with Gasteiger partial charge in [-0.15, -0.1) is 0 Å². The molecule has 0 saturated carbocycles. The lowest BCUT2D eigenvalue weighted by Gasteiger charge is -2.14. The Morgan fingerprint density at radius 3 is 2.67 bits per heavy atom. The molecular formula is C14H20FNO2. The minimum atomic E-state index is -0.381. The van der Waals surface area contributed by atoms with Crippen LogP contribution in [0, 0.1) is 18.7 Å². The molecule has 4 heteroatoms. The number of hydrogen-bond donors (Lipinski definition) is 2. The molecule has 18 heavy (non-hydrogen) atoms. The zero-order valence-electron chi connectivity index (χ0n) is 11.0. The summed E-state index contributed by atoms with van der Waals surface area (Å²) < 4.78 is 13.3. The van der Waals surface area contributed by atoms with Gasteiger partial charge >= 0.3 is 0 Å². The molecular weight excluding hydrogens is 233 g/mol. The number of aliphatic hydroxyl groups excluding tert-OH is 1. The zero-order valence-corrected chi connectivity index (χ0v) is 11.0. The van der Waals surface area contributed by atoms with Crippen molar-refractivity contribution in [3.05, 3.63) is 35.1 Å². The highest BCUT2D eigenvalue weighted by atomic mass is 19.1. The molecule has 1 aromatic rings. The van der Waals surface area contributed by atoms with Crippen LogP contribution < -0.4 is 5.32 Å². The number of aliphatic hydroxyl groups is 1. The molecule has 0 aromatic heterocycles. The zero-order chi connectivity index (χ0) is 13.7. The van der Waals surface area contributed by atoms with E-state index in [4.69, 9.17) is 0 Å². The fourth-order valence-corrected chi connectivity index (χ4v) is 1.77. The van der Waals surface area contributed by atoms with Crippen molar-refractivity contribution < 1.29 is 14.3 Å². The number of rotatable bonds is 5. The number of carbonyl (C=O) groups is 1. The topological polar surface area (TPSA) is 49.3 Å². The molecule has 2 atom stereocenters. The van der Waals surface area contributed by atoms with Gasteiger partial charge in [-0.3, -0.25) is 4.79 Å². The number of halogens is 1. The van der Waals surface area contributed by atoms with E-state index in [1.54, 1.807) is 26.0 Å². The molecule has 0 aliphatic carbocycles. The van der Waals surface area contributed by atoms with E-state index < -0.39 is 0 Å². The molecule has 2 N–H and O–H groups in total. The Balaban J connectivity index is 2.52. The first-order chi connectivity index (χ1) is 8.40. The van der Waals surface area contributed by atoms with Gasteiger partial charge in [0.05, 0.1) is 6.10 Å². The molecule has 0 fully saturated rings. The summed E-state index contributed by atoms with van der Waals surface area (Å²) in [6.45, 7) is 5.79. The van der Waals surface area contributed by atoms with Crippen LogP contribution >= 0.6 is 0 Å². The monoisotopic (exact) mass is 253 g/mol.